The number of hydrogen-bond acceptors (Lipinski definition) is 2. The summed E-state index contributed by atoms with van der Waals surface area (Å²) in [5.74, 6) is -1.77. The predicted octanol–water partition coefficient (Wildman–Crippen LogP) is 2.04. The Kier molecular flexibility index (Phi) is 3.02. The Morgan fingerprint density at radius 3 is 2.21 bits per heavy atom. The second-order valence-electron chi connectivity index (χ2n) is 3.12. The zero-order chi connectivity index (χ0) is 10.7. The van der Waals surface area contributed by atoms with Crippen LogP contribution in [0, 0.1) is 12.8 Å². The van der Waals surface area contributed by atoms with E-state index in [4.69, 9.17) is 5.11 Å². The first-order valence-electron chi connectivity index (χ1n) is 4.23. The third-order valence-electron chi connectivity index (χ3n) is 1.87. The highest BCUT2D eigenvalue weighted by Gasteiger charge is 2.17. The minimum atomic E-state index is -1.09. The quantitative estimate of drug-likeness (QED) is 0.744. The maximum atomic E-state index is 11.5. The lowest BCUT2D eigenvalue weighted by molar-refractivity contribution is 0.0691. The van der Waals surface area contributed by atoms with Gasteiger partial charge in [0.15, 0.2) is 5.78 Å². The molecule has 1 rings (SSSR count). The molecule has 0 amide bonds. The van der Waals surface area contributed by atoms with Crippen LogP contribution in [0.1, 0.15) is 27.6 Å². The van der Waals surface area contributed by atoms with E-state index in [0.717, 1.165) is 0 Å². The van der Waals surface area contributed by atoms with Crippen LogP contribution in [0.5, 0.6) is 0 Å². The molecule has 3 heteroatoms. The molecule has 0 aliphatic carbocycles. The molecular weight excluding hydrogens is 180 g/mol. The molecule has 1 aromatic rings. The van der Waals surface area contributed by atoms with Crippen molar-refractivity contribution in [2.24, 2.45) is 5.92 Å². The van der Waals surface area contributed by atoms with Crippen LogP contribution in [0.3, 0.4) is 0 Å². The number of ketones is 1. The summed E-state index contributed by atoms with van der Waals surface area (Å²) in [5, 5.41) is 8.82. The largest absolute Gasteiger partial charge is 0.478 e. The lowest BCUT2D eigenvalue weighted by atomic mass is 9.96. The topological polar surface area (TPSA) is 54.4 Å². The molecule has 0 aliphatic heterocycles. The van der Waals surface area contributed by atoms with Gasteiger partial charge in [-0.05, 0) is 13.0 Å². The molecule has 3 nitrogen and oxygen atoms in total. The van der Waals surface area contributed by atoms with E-state index in [1.54, 1.807) is 19.1 Å². The summed E-state index contributed by atoms with van der Waals surface area (Å²) in [6, 6.07) is 6.15. The highest BCUT2D eigenvalue weighted by atomic mass is 16.4. The van der Waals surface area contributed by atoms with Crippen LogP contribution in [0.15, 0.2) is 24.3 Å². The van der Waals surface area contributed by atoms with E-state index in [-0.39, 0.29) is 16.9 Å². The number of carbonyl (C=O) groups is 2. The molecule has 14 heavy (non-hydrogen) atoms. The summed E-state index contributed by atoms with van der Waals surface area (Å²) in [5.41, 5.74) is 0.260. The Bertz CT molecular complexity index is 367. The summed E-state index contributed by atoms with van der Waals surface area (Å²) in [6.45, 7) is 5.21. The van der Waals surface area contributed by atoms with Crippen molar-refractivity contribution in [2.45, 2.75) is 6.92 Å². The Balaban J connectivity index is 3.20. The van der Waals surface area contributed by atoms with Crippen molar-refractivity contribution in [3.8, 4) is 0 Å². The lowest BCUT2D eigenvalue weighted by Gasteiger charge is -2.06. The van der Waals surface area contributed by atoms with E-state index < -0.39 is 11.9 Å². The maximum Gasteiger partial charge on any atom is 0.336 e. The van der Waals surface area contributed by atoms with Gasteiger partial charge in [-0.2, -0.15) is 0 Å². The molecular formula is C11H11O3. The summed E-state index contributed by atoms with van der Waals surface area (Å²) in [4.78, 5) is 22.3. The second-order valence-corrected chi connectivity index (χ2v) is 3.12. The van der Waals surface area contributed by atoms with Gasteiger partial charge in [0.25, 0.3) is 0 Å². The maximum absolute atomic E-state index is 11.5. The number of Topliss-reactive ketones (excluding diaryl/α,β-unsaturated/α-hetero) is 1. The molecule has 1 aromatic carbocycles. The van der Waals surface area contributed by atoms with E-state index in [9.17, 15) is 9.59 Å². The zero-order valence-electron chi connectivity index (χ0n) is 7.86. The van der Waals surface area contributed by atoms with Crippen LogP contribution in [-0.4, -0.2) is 16.9 Å². The monoisotopic (exact) mass is 191 g/mol. The van der Waals surface area contributed by atoms with E-state index in [0.29, 0.717) is 0 Å². The van der Waals surface area contributed by atoms with Gasteiger partial charge in [-0.3, -0.25) is 4.79 Å². The minimum Gasteiger partial charge on any atom is -0.478 e. The number of hydrogen-bond donors (Lipinski definition) is 1. The molecule has 0 saturated heterocycles. The molecule has 0 aliphatic rings. The van der Waals surface area contributed by atoms with E-state index in [2.05, 4.69) is 6.92 Å². The smallest absolute Gasteiger partial charge is 0.336 e. The molecule has 73 valence electrons. The van der Waals surface area contributed by atoms with Crippen LogP contribution in [-0.2, 0) is 0 Å². The van der Waals surface area contributed by atoms with Gasteiger partial charge in [0.1, 0.15) is 0 Å². The van der Waals surface area contributed by atoms with Crippen molar-refractivity contribution in [3.05, 3.63) is 42.3 Å². The highest BCUT2D eigenvalue weighted by molar-refractivity contribution is 6.06. The Morgan fingerprint density at radius 1 is 1.29 bits per heavy atom. The number of aromatic carboxylic acids is 1. The average Bonchev–Trinajstić information content (AvgIpc) is 2.16. The molecule has 0 fully saturated rings. The van der Waals surface area contributed by atoms with E-state index in [1.165, 1.54) is 12.1 Å². The number of benzene rings is 1. The van der Waals surface area contributed by atoms with Gasteiger partial charge < -0.3 is 5.11 Å². The van der Waals surface area contributed by atoms with Crippen molar-refractivity contribution >= 4 is 11.8 Å². The van der Waals surface area contributed by atoms with Gasteiger partial charge >= 0.3 is 5.97 Å². The van der Waals surface area contributed by atoms with Crippen molar-refractivity contribution in [1.29, 1.82) is 0 Å². The summed E-state index contributed by atoms with van der Waals surface area (Å²) < 4.78 is 0. The van der Waals surface area contributed by atoms with Crippen molar-refractivity contribution < 1.29 is 14.7 Å². The van der Waals surface area contributed by atoms with Gasteiger partial charge in [0.05, 0.1) is 5.56 Å². The van der Waals surface area contributed by atoms with Gasteiger partial charge in [-0.15, -0.1) is 0 Å². The van der Waals surface area contributed by atoms with E-state index >= 15 is 0 Å². The zero-order valence-corrected chi connectivity index (χ0v) is 7.86. The molecule has 0 saturated carbocycles. The van der Waals surface area contributed by atoms with Gasteiger partial charge in [-0.25, -0.2) is 4.79 Å². The van der Waals surface area contributed by atoms with Crippen LogP contribution < -0.4 is 0 Å². The molecule has 0 heterocycles. The van der Waals surface area contributed by atoms with Crippen molar-refractivity contribution in [3.63, 3.8) is 0 Å². The molecule has 1 N–H and O–H groups in total. The van der Waals surface area contributed by atoms with Crippen LogP contribution in [0.25, 0.3) is 0 Å². The Morgan fingerprint density at radius 2 is 1.79 bits per heavy atom. The van der Waals surface area contributed by atoms with Crippen molar-refractivity contribution in [1.82, 2.24) is 0 Å². The second kappa shape index (κ2) is 4.05. The Labute approximate surface area is 82.4 Å². The van der Waals surface area contributed by atoms with Crippen LogP contribution >= 0.6 is 0 Å². The first-order chi connectivity index (χ1) is 6.54. The predicted molar refractivity (Wildman–Crippen MR) is 52.3 cm³/mol. The highest BCUT2D eigenvalue weighted by Crippen LogP contribution is 2.13. The minimum absolute atomic E-state index is 0.0352. The molecule has 0 spiro atoms. The van der Waals surface area contributed by atoms with Crippen LogP contribution in [0.2, 0.25) is 0 Å². The van der Waals surface area contributed by atoms with Gasteiger partial charge in [0, 0.05) is 11.5 Å². The van der Waals surface area contributed by atoms with Gasteiger partial charge in [0.2, 0.25) is 0 Å². The number of carboxylic acid groups (broad SMARTS) is 1. The molecule has 1 radical (unpaired) electrons. The van der Waals surface area contributed by atoms with Crippen LogP contribution in [0.4, 0.5) is 0 Å². The first kappa shape index (κ1) is 10.4. The van der Waals surface area contributed by atoms with E-state index in [1.807, 2.05) is 0 Å². The first-order valence-corrected chi connectivity index (χ1v) is 4.23. The van der Waals surface area contributed by atoms with Crippen molar-refractivity contribution in [2.75, 3.05) is 0 Å². The van der Waals surface area contributed by atoms with Gasteiger partial charge in [-0.1, -0.05) is 25.1 Å². The molecule has 1 atom stereocenters. The molecule has 1 unspecified atom stereocenters. The third-order valence-corrected chi connectivity index (χ3v) is 1.87. The normalized spacial score (nSPS) is 10.2. The third kappa shape index (κ3) is 1.99. The average molecular weight is 191 g/mol. The number of carbonyl (C=O) groups excluding carboxylic acids is 1. The number of carboxylic acids is 1. The fraction of sp³-hybridized carbons (Fsp3) is 0.182. The fourth-order valence-corrected chi connectivity index (χ4v) is 1.15. The number of rotatable bonds is 3. The lowest BCUT2D eigenvalue weighted by Crippen LogP contribution is -2.13. The summed E-state index contributed by atoms with van der Waals surface area (Å²) in [6.07, 6.45) is 0. The summed E-state index contributed by atoms with van der Waals surface area (Å²) in [7, 11) is 0. The Hall–Kier alpha value is -1.64. The fourth-order valence-electron chi connectivity index (χ4n) is 1.15. The molecule has 0 bridgehead atoms. The SMILES string of the molecule is [CH2]C(C)C(=O)c1ccccc1C(=O)O. The molecule has 0 aromatic heterocycles. The summed E-state index contributed by atoms with van der Waals surface area (Å²) >= 11 is 0. The standard InChI is InChI=1S/C11H11O3/c1-7(2)10(12)8-5-3-4-6-9(8)11(13)14/h3-7H,1H2,2H3,(H,13,14).